The van der Waals surface area contributed by atoms with Gasteiger partial charge < -0.3 is 14.4 Å². The van der Waals surface area contributed by atoms with Gasteiger partial charge in [-0.15, -0.1) is 0 Å². The maximum absolute atomic E-state index is 13.0. The Kier molecular flexibility index (Phi) is 9.19. The SMILES string of the molecule is CN1C(=O)/C(=C/c2cc(I)c(OCc3ccccc3Cl)c(I)c2)SC1=Nc1ccc(N2CCOCC2)cc1. The molecule has 0 radical (unpaired) electrons. The van der Waals surface area contributed by atoms with Gasteiger partial charge in [0.15, 0.2) is 5.17 Å². The number of carbonyl (C=O) groups is 1. The summed E-state index contributed by atoms with van der Waals surface area (Å²) in [6.45, 7) is 3.67. The van der Waals surface area contributed by atoms with E-state index in [1.165, 1.54) is 11.8 Å². The second-order valence-electron chi connectivity index (χ2n) is 8.68. The van der Waals surface area contributed by atoms with E-state index in [9.17, 15) is 4.79 Å². The average Bonchev–Trinajstić information content (AvgIpc) is 3.17. The summed E-state index contributed by atoms with van der Waals surface area (Å²) in [6, 6.07) is 19.8. The van der Waals surface area contributed by atoms with E-state index < -0.39 is 0 Å². The van der Waals surface area contributed by atoms with Gasteiger partial charge in [0.05, 0.1) is 30.9 Å². The molecule has 2 aliphatic rings. The quantitative estimate of drug-likeness (QED) is 0.196. The van der Waals surface area contributed by atoms with Gasteiger partial charge in [0.25, 0.3) is 5.91 Å². The molecule has 5 rings (SSSR count). The number of nitrogens with zero attached hydrogens (tertiary/aromatic N) is 3. The van der Waals surface area contributed by atoms with Crippen molar-refractivity contribution in [3.05, 3.63) is 88.9 Å². The van der Waals surface area contributed by atoms with Gasteiger partial charge >= 0.3 is 0 Å². The zero-order valence-electron chi connectivity index (χ0n) is 20.5. The van der Waals surface area contributed by atoms with E-state index in [0.29, 0.717) is 21.7 Å². The molecule has 0 aromatic heterocycles. The molecule has 0 unspecified atom stereocenters. The Bertz CT molecular complexity index is 1390. The number of halogens is 3. The summed E-state index contributed by atoms with van der Waals surface area (Å²) in [4.78, 5) is 22.3. The number of carbonyl (C=O) groups excluding carboxylic acids is 1. The fraction of sp³-hybridized carbons (Fsp3) is 0.214. The number of amidine groups is 1. The Morgan fingerprint density at radius 2 is 1.76 bits per heavy atom. The molecule has 10 heteroatoms. The molecule has 2 fully saturated rings. The van der Waals surface area contributed by atoms with Gasteiger partial charge in [-0.05, 0) is 111 Å². The van der Waals surface area contributed by atoms with Gasteiger partial charge in [-0.2, -0.15) is 0 Å². The molecule has 3 aromatic rings. The van der Waals surface area contributed by atoms with E-state index in [-0.39, 0.29) is 5.91 Å². The number of anilines is 1. The highest BCUT2D eigenvalue weighted by atomic mass is 127. The van der Waals surface area contributed by atoms with Crippen LogP contribution in [-0.4, -0.2) is 49.3 Å². The highest BCUT2D eigenvalue weighted by molar-refractivity contribution is 14.1. The summed E-state index contributed by atoms with van der Waals surface area (Å²) in [5.41, 5.74) is 3.84. The van der Waals surface area contributed by atoms with Crippen LogP contribution in [-0.2, 0) is 16.1 Å². The Balaban J connectivity index is 1.30. The molecular formula is C28H24ClI2N3O3S. The molecule has 6 nitrogen and oxygen atoms in total. The van der Waals surface area contributed by atoms with Gasteiger partial charge in [-0.3, -0.25) is 9.69 Å². The third-order valence-corrected chi connectivity index (χ3v) is 9.13. The zero-order chi connectivity index (χ0) is 26.6. The fourth-order valence-electron chi connectivity index (χ4n) is 4.04. The van der Waals surface area contributed by atoms with Crippen LogP contribution in [0.25, 0.3) is 6.08 Å². The van der Waals surface area contributed by atoms with Crippen LogP contribution < -0.4 is 9.64 Å². The van der Waals surface area contributed by atoms with Gasteiger partial charge in [-0.25, -0.2) is 4.99 Å². The van der Waals surface area contributed by atoms with Gasteiger partial charge in [-0.1, -0.05) is 29.8 Å². The Morgan fingerprint density at radius 3 is 2.45 bits per heavy atom. The molecule has 3 aromatic carbocycles. The maximum atomic E-state index is 13.0. The van der Waals surface area contributed by atoms with Crippen molar-refractivity contribution >= 4 is 97.1 Å². The van der Waals surface area contributed by atoms with Crippen molar-refractivity contribution in [1.29, 1.82) is 0 Å². The molecule has 196 valence electrons. The normalized spacial score (nSPS) is 18.1. The van der Waals surface area contributed by atoms with Crippen LogP contribution in [0.5, 0.6) is 5.75 Å². The van der Waals surface area contributed by atoms with E-state index in [0.717, 1.165) is 61.7 Å². The first kappa shape index (κ1) is 27.8. The van der Waals surface area contributed by atoms with Crippen molar-refractivity contribution in [3.8, 4) is 5.75 Å². The molecule has 0 saturated carbocycles. The molecule has 2 saturated heterocycles. The van der Waals surface area contributed by atoms with Gasteiger partial charge in [0.1, 0.15) is 12.4 Å². The molecule has 0 spiro atoms. The smallest absolute Gasteiger partial charge is 0.266 e. The van der Waals surface area contributed by atoms with Crippen LogP contribution in [0.15, 0.2) is 70.6 Å². The summed E-state index contributed by atoms with van der Waals surface area (Å²) >= 11 is 12.2. The molecule has 0 bridgehead atoms. The lowest BCUT2D eigenvalue weighted by Crippen LogP contribution is -2.36. The highest BCUT2D eigenvalue weighted by Gasteiger charge is 2.30. The fourth-order valence-corrected chi connectivity index (χ4v) is 7.34. The number of likely N-dealkylation sites (N-methyl/N-ethyl adjacent to an activating group) is 1. The third-order valence-electron chi connectivity index (χ3n) is 6.10. The summed E-state index contributed by atoms with van der Waals surface area (Å²) < 4.78 is 13.5. The maximum Gasteiger partial charge on any atom is 0.266 e. The Hall–Kier alpha value is -1.80. The number of hydrogen-bond donors (Lipinski definition) is 0. The van der Waals surface area contributed by atoms with Crippen molar-refractivity contribution in [3.63, 3.8) is 0 Å². The summed E-state index contributed by atoms with van der Waals surface area (Å²) in [5.74, 6) is 0.737. The minimum absolute atomic E-state index is 0.0669. The summed E-state index contributed by atoms with van der Waals surface area (Å²) in [6.07, 6.45) is 1.91. The Labute approximate surface area is 258 Å². The van der Waals surface area contributed by atoms with Crippen molar-refractivity contribution < 1.29 is 14.3 Å². The van der Waals surface area contributed by atoms with Crippen molar-refractivity contribution in [2.24, 2.45) is 4.99 Å². The molecule has 38 heavy (non-hydrogen) atoms. The number of morpholine rings is 1. The number of amides is 1. The predicted molar refractivity (Wildman–Crippen MR) is 173 cm³/mol. The third kappa shape index (κ3) is 6.49. The number of rotatable bonds is 6. The zero-order valence-corrected chi connectivity index (χ0v) is 26.4. The number of ether oxygens (including phenoxy) is 2. The lowest BCUT2D eigenvalue weighted by molar-refractivity contribution is -0.121. The van der Waals surface area contributed by atoms with Crippen LogP contribution in [0.2, 0.25) is 5.02 Å². The average molecular weight is 772 g/mol. The van der Waals surface area contributed by atoms with Crippen molar-refractivity contribution in [2.75, 3.05) is 38.3 Å². The van der Waals surface area contributed by atoms with E-state index in [4.69, 9.17) is 26.1 Å². The second kappa shape index (κ2) is 12.6. The molecule has 1 amide bonds. The molecule has 0 aliphatic carbocycles. The molecule has 0 N–H and O–H groups in total. The first-order valence-corrected chi connectivity index (χ1v) is 15.3. The van der Waals surface area contributed by atoms with Crippen LogP contribution >= 0.6 is 68.5 Å². The highest BCUT2D eigenvalue weighted by Crippen LogP contribution is 2.36. The lowest BCUT2D eigenvalue weighted by Gasteiger charge is -2.28. The lowest BCUT2D eigenvalue weighted by atomic mass is 10.2. The molecular weight excluding hydrogens is 748 g/mol. The predicted octanol–water partition coefficient (Wildman–Crippen LogP) is 7.20. The number of thioether (sulfide) groups is 1. The molecule has 2 heterocycles. The first-order valence-electron chi connectivity index (χ1n) is 11.9. The van der Waals surface area contributed by atoms with Crippen molar-refractivity contribution in [1.82, 2.24) is 4.90 Å². The standard InChI is InChI=1S/C28H24ClI2N3O3S/c1-33-27(35)25(38-28(33)32-20-6-8-21(9-7-20)34-10-12-36-13-11-34)16-18-14-23(30)26(24(31)15-18)37-17-19-4-2-3-5-22(19)29/h2-9,14-16H,10-13,17H2,1H3/b25-16-,32-28?. The topological polar surface area (TPSA) is 54.4 Å². The number of hydrogen-bond acceptors (Lipinski definition) is 6. The number of benzene rings is 3. The second-order valence-corrected chi connectivity index (χ2v) is 12.4. The molecule has 0 atom stereocenters. The van der Waals surface area contributed by atoms with E-state index in [1.807, 2.05) is 54.6 Å². The monoisotopic (exact) mass is 771 g/mol. The van der Waals surface area contributed by atoms with Crippen LogP contribution in [0, 0.1) is 7.14 Å². The minimum atomic E-state index is -0.0669. The minimum Gasteiger partial charge on any atom is -0.487 e. The van der Waals surface area contributed by atoms with E-state index in [1.54, 1.807) is 11.9 Å². The van der Waals surface area contributed by atoms with Gasteiger partial charge in [0.2, 0.25) is 0 Å². The van der Waals surface area contributed by atoms with Crippen molar-refractivity contribution in [2.45, 2.75) is 6.61 Å². The largest absolute Gasteiger partial charge is 0.487 e. The van der Waals surface area contributed by atoms with Gasteiger partial charge in [0, 0.05) is 36.4 Å². The van der Waals surface area contributed by atoms with E-state index >= 15 is 0 Å². The summed E-state index contributed by atoms with van der Waals surface area (Å²) in [7, 11) is 1.76. The summed E-state index contributed by atoms with van der Waals surface area (Å²) in [5, 5.41) is 1.34. The Morgan fingerprint density at radius 1 is 1.08 bits per heavy atom. The van der Waals surface area contributed by atoms with Crippen LogP contribution in [0.4, 0.5) is 11.4 Å². The number of aliphatic imine (C=N–C) groups is 1. The molecule has 2 aliphatic heterocycles. The van der Waals surface area contributed by atoms with Crippen LogP contribution in [0.1, 0.15) is 11.1 Å². The first-order chi connectivity index (χ1) is 18.4. The van der Waals surface area contributed by atoms with Crippen LogP contribution in [0.3, 0.4) is 0 Å². The van der Waals surface area contributed by atoms with E-state index in [2.05, 4.69) is 62.2 Å².